The molecule has 0 amide bonds. The second kappa shape index (κ2) is 8.97. The topological polar surface area (TPSA) is 38.5 Å². The molecule has 0 aromatic rings. The second-order valence-electron chi connectivity index (χ2n) is 2.62. The van der Waals surface area contributed by atoms with Crippen LogP contribution in [0.1, 0.15) is 27.7 Å². The Morgan fingerprint density at radius 1 is 1.33 bits per heavy atom. The van der Waals surface area contributed by atoms with Gasteiger partial charge in [-0.25, -0.2) is 0 Å². The smallest absolute Gasteiger partial charge is 0.0696 e. The standard InChI is InChI=1S/C7H18N2O.C2H6/c1-6(7(2)10-4)9(3)5-8;1-2/h6-7H,5,8H2,1-4H3;1-2H3. The van der Waals surface area contributed by atoms with Crippen LogP contribution in [0.5, 0.6) is 0 Å². The summed E-state index contributed by atoms with van der Waals surface area (Å²) in [7, 11) is 3.70. The Balaban J connectivity index is 0. The Hall–Kier alpha value is -0.120. The first-order chi connectivity index (χ1) is 5.63. The van der Waals surface area contributed by atoms with Gasteiger partial charge in [-0.15, -0.1) is 0 Å². The molecule has 0 rings (SSSR count). The summed E-state index contributed by atoms with van der Waals surface area (Å²) < 4.78 is 5.14. The lowest BCUT2D eigenvalue weighted by atomic mass is 10.2. The van der Waals surface area contributed by atoms with Crippen molar-refractivity contribution in [2.24, 2.45) is 5.73 Å². The van der Waals surface area contributed by atoms with Gasteiger partial charge >= 0.3 is 0 Å². The quantitative estimate of drug-likeness (QED) is 0.656. The van der Waals surface area contributed by atoms with Crippen LogP contribution in [0.15, 0.2) is 0 Å². The number of hydrogen-bond acceptors (Lipinski definition) is 3. The fourth-order valence-corrected chi connectivity index (χ4v) is 0.722. The van der Waals surface area contributed by atoms with Gasteiger partial charge in [0.2, 0.25) is 0 Å². The van der Waals surface area contributed by atoms with Crippen molar-refractivity contribution in [2.75, 3.05) is 20.8 Å². The van der Waals surface area contributed by atoms with Gasteiger partial charge in [-0.2, -0.15) is 0 Å². The van der Waals surface area contributed by atoms with Crippen LogP contribution in [-0.4, -0.2) is 37.9 Å². The summed E-state index contributed by atoms with van der Waals surface area (Å²) in [5.74, 6) is 0. The largest absolute Gasteiger partial charge is 0.380 e. The Bertz CT molecular complexity index is 78.6. The Morgan fingerprint density at radius 3 is 2.00 bits per heavy atom. The zero-order valence-corrected chi connectivity index (χ0v) is 9.29. The van der Waals surface area contributed by atoms with Gasteiger partial charge in [-0.1, -0.05) is 13.8 Å². The second-order valence-corrected chi connectivity index (χ2v) is 2.62. The van der Waals surface area contributed by atoms with Gasteiger partial charge in [0, 0.05) is 19.8 Å². The fraction of sp³-hybridized carbons (Fsp3) is 1.00. The van der Waals surface area contributed by atoms with Crippen molar-refractivity contribution >= 4 is 0 Å². The lowest BCUT2D eigenvalue weighted by Gasteiger charge is -2.27. The van der Waals surface area contributed by atoms with Crippen LogP contribution in [0.4, 0.5) is 0 Å². The molecule has 3 heteroatoms. The minimum Gasteiger partial charge on any atom is -0.380 e. The Labute approximate surface area is 76.9 Å². The van der Waals surface area contributed by atoms with E-state index in [9.17, 15) is 0 Å². The van der Waals surface area contributed by atoms with Crippen LogP contribution in [0.2, 0.25) is 0 Å². The highest BCUT2D eigenvalue weighted by atomic mass is 16.5. The van der Waals surface area contributed by atoms with E-state index in [1.165, 1.54) is 0 Å². The number of likely N-dealkylation sites (N-methyl/N-ethyl adjacent to an activating group) is 1. The van der Waals surface area contributed by atoms with E-state index in [1.807, 2.05) is 32.7 Å². The van der Waals surface area contributed by atoms with Gasteiger partial charge in [0.25, 0.3) is 0 Å². The van der Waals surface area contributed by atoms with Crippen molar-refractivity contribution in [3.05, 3.63) is 0 Å². The van der Waals surface area contributed by atoms with Crippen molar-refractivity contribution in [1.82, 2.24) is 4.90 Å². The summed E-state index contributed by atoms with van der Waals surface area (Å²) in [6, 6.07) is 0.384. The summed E-state index contributed by atoms with van der Waals surface area (Å²) in [6.07, 6.45) is 0.244. The van der Waals surface area contributed by atoms with E-state index in [2.05, 4.69) is 6.92 Å². The maximum Gasteiger partial charge on any atom is 0.0696 e. The molecule has 0 aliphatic carbocycles. The average Bonchev–Trinajstić information content (AvgIpc) is 2.17. The molecule has 2 unspecified atom stereocenters. The van der Waals surface area contributed by atoms with E-state index in [1.54, 1.807) is 7.11 Å². The first-order valence-corrected chi connectivity index (χ1v) is 4.56. The van der Waals surface area contributed by atoms with Crippen LogP contribution >= 0.6 is 0 Å². The fourth-order valence-electron chi connectivity index (χ4n) is 0.722. The molecule has 12 heavy (non-hydrogen) atoms. The number of ether oxygens (including phenoxy) is 1. The number of nitrogens with two attached hydrogens (primary N) is 1. The first kappa shape index (κ1) is 14.4. The summed E-state index contributed by atoms with van der Waals surface area (Å²) in [4.78, 5) is 2.05. The van der Waals surface area contributed by atoms with E-state index in [-0.39, 0.29) is 6.10 Å². The first-order valence-electron chi connectivity index (χ1n) is 4.56. The maximum atomic E-state index is 5.44. The van der Waals surface area contributed by atoms with Gasteiger partial charge < -0.3 is 10.5 Å². The molecule has 0 heterocycles. The normalized spacial score (nSPS) is 15.0. The molecule has 2 N–H and O–H groups in total. The van der Waals surface area contributed by atoms with E-state index in [0.717, 1.165) is 0 Å². The third-order valence-electron chi connectivity index (χ3n) is 2.03. The molecule has 0 aromatic heterocycles. The molecule has 0 spiro atoms. The van der Waals surface area contributed by atoms with Crippen molar-refractivity contribution in [3.63, 3.8) is 0 Å². The van der Waals surface area contributed by atoms with Crippen molar-refractivity contribution in [2.45, 2.75) is 39.8 Å². The number of rotatable bonds is 4. The number of hydrogen-bond donors (Lipinski definition) is 1. The van der Waals surface area contributed by atoms with Gasteiger partial charge in [0.15, 0.2) is 0 Å². The summed E-state index contributed by atoms with van der Waals surface area (Å²) in [5.41, 5.74) is 5.44. The third kappa shape index (κ3) is 5.52. The lowest BCUT2D eigenvalue weighted by Crippen LogP contribution is -2.41. The van der Waals surface area contributed by atoms with Crippen molar-refractivity contribution in [1.29, 1.82) is 0 Å². The summed E-state index contributed by atoms with van der Waals surface area (Å²) in [5, 5.41) is 0. The van der Waals surface area contributed by atoms with Crippen LogP contribution in [0.3, 0.4) is 0 Å². The van der Waals surface area contributed by atoms with Crippen molar-refractivity contribution < 1.29 is 4.74 Å². The highest BCUT2D eigenvalue weighted by Crippen LogP contribution is 2.02. The van der Waals surface area contributed by atoms with Crippen LogP contribution < -0.4 is 5.73 Å². The number of methoxy groups -OCH3 is 1. The van der Waals surface area contributed by atoms with Crippen LogP contribution in [-0.2, 0) is 4.74 Å². The van der Waals surface area contributed by atoms with Crippen LogP contribution in [0.25, 0.3) is 0 Å². The van der Waals surface area contributed by atoms with Crippen molar-refractivity contribution in [3.8, 4) is 0 Å². The molecule has 76 valence electrons. The van der Waals surface area contributed by atoms with Gasteiger partial charge in [-0.3, -0.25) is 4.90 Å². The van der Waals surface area contributed by atoms with Gasteiger partial charge in [-0.05, 0) is 20.9 Å². The predicted molar refractivity (Wildman–Crippen MR) is 54.1 cm³/mol. The minimum absolute atomic E-state index is 0.244. The molecule has 3 nitrogen and oxygen atoms in total. The van der Waals surface area contributed by atoms with E-state index in [0.29, 0.717) is 12.7 Å². The monoisotopic (exact) mass is 176 g/mol. The van der Waals surface area contributed by atoms with Gasteiger partial charge in [0.05, 0.1) is 6.10 Å². The molecular formula is C9H24N2O. The highest BCUT2D eigenvalue weighted by molar-refractivity contribution is 4.67. The van der Waals surface area contributed by atoms with E-state index in [4.69, 9.17) is 10.5 Å². The molecule has 0 radical (unpaired) electrons. The summed E-state index contributed by atoms with van der Waals surface area (Å²) >= 11 is 0. The lowest BCUT2D eigenvalue weighted by molar-refractivity contribution is 0.0450. The SMILES string of the molecule is CC.COC(C)C(C)N(C)CN. The van der Waals surface area contributed by atoms with Gasteiger partial charge in [0.1, 0.15) is 0 Å². The maximum absolute atomic E-state index is 5.44. The number of nitrogens with zero attached hydrogens (tertiary/aromatic N) is 1. The van der Waals surface area contributed by atoms with E-state index >= 15 is 0 Å². The molecule has 0 aliphatic heterocycles. The Kier molecular flexibility index (Phi) is 10.8. The third-order valence-corrected chi connectivity index (χ3v) is 2.03. The highest BCUT2D eigenvalue weighted by Gasteiger charge is 2.14. The molecule has 0 saturated carbocycles. The molecule has 2 atom stereocenters. The minimum atomic E-state index is 0.244. The van der Waals surface area contributed by atoms with Crippen LogP contribution in [0, 0.1) is 0 Å². The molecule has 0 bridgehead atoms. The average molecular weight is 176 g/mol. The Morgan fingerprint density at radius 2 is 1.75 bits per heavy atom. The predicted octanol–water partition coefficient (Wildman–Crippen LogP) is 1.28. The molecular weight excluding hydrogens is 152 g/mol. The molecule has 0 aromatic carbocycles. The molecule has 0 saturated heterocycles. The van der Waals surface area contributed by atoms with E-state index < -0.39 is 0 Å². The zero-order valence-electron chi connectivity index (χ0n) is 9.29. The molecule has 0 aliphatic rings. The summed E-state index contributed by atoms with van der Waals surface area (Å²) in [6.45, 7) is 8.72. The zero-order chi connectivity index (χ0) is 10.1. The molecule has 0 fully saturated rings.